The van der Waals surface area contributed by atoms with Gasteiger partial charge in [-0.25, -0.2) is 9.48 Å². The highest BCUT2D eigenvalue weighted by Gasteiger charge is 2.29. The van der Waals surface area contributed by atoms with Gasteiger partial charge in [0.15, 0.2) is 5.82 Å². The maximum Gasteiger partial charge on any atom is 0.321 e. The number of nitrogens with zero attached hydrogens (tertiary/aromatic N) is 3. The van der Waals surface area contributed by atoms with Gasteiger partial charge in [-0.05, 0) is 24.0 Å². The SMILES string of the molecule is Cn1nncc1NC(=O)N[C@H]1c2ccccc2CC[C@H]1O. The highest BCUT2D eigenvalue weighted by atomic mass is 16.3. The summed E-state index contributed by atoms with van der Waals surface area (Å²) in [6.45, 7) is 0. The Hall–Kier alpha value is -2.41. The summed E-state index contributed by atoms with van der Waals surface area (Å²) in [6.07, 6.45) is 2.33. The monoisotopic (exact) mass is 287 g/mol. The van der Waals surface area contributed by atoms with Crippen molar-refractivity contribution < 1.29 is 9.90 Å². The third-order valence-corrected chi connectivity index (χ3v) is 3.73. The van der Waals surface area contributed by atoms with E-state index in [0.29, 0.717) is 12.2 Å². The molecule has 2 atom stereocenters. The molecule has 0 bridgehead atoms. The van der Waals surface area contributed by atoms with Gasteiger partial charge in [-0.1, -0.05) is 29.5 Å². The van der Waals surface area contributed by atoms with Gasteiger partial charge in [-0.3, -0.25) is 5.32 Å². The van der Waals surface area contributed by atoms with Crippen LogP contribution in [0.3, 0.4) is 0 Å². The fraction of sp³-hybridized carbons (Fsp3) is 0.357. The number of anilines is 1. The van der Waals surface area contributed by atoms with Gasteiger partial charge in [-0.2, -0.15) is 0 Å². The van der Waals surface area contributed by atoms with E-state index in [9.17, 15) is 9.90 Å². The van der Waals surface area contributed by atoms with E-state index < -0.39 is 12.1 Å². The highest BCUT2D eigenvalue weighted by Crippen LogP contribution is 2.29. The van der Waals surface area contributed by atoms with E-state index >= 15 is 0 Å². The number of amides is 2. The lowest BCUT2D eigenvalue weighted by Gasteiger charge is -2.30. The zero-order valence-electron chi connectivity index (χ0n) is 11.7. The van der Waals surface area contributed by atoms with Crippen LogP contribution in [0.1, 0.15) is 23.6 Å². The van der Waals surface area contributed by atoms with E-state index in [1.54, 1.807) is 7.05 Å². The molecule has 0 spiro atoms. The molecular weight excluding hydrogens is 270 g/mol. The highest BCUT2D eigenvalue weighted by molar-refractivity contribution is 5.88. The summed E-state index contributed by atoms with van der Waals surface area (Å²) in [4.78, 5) is 12.1. The average Bonchev–Trinajstić information content (AvgIpc) is 2.87. The molecule has 3 N–H and O–H groups in total. The number of carbonyl (C=O) groups is 1. The summed E-state index contributed by atoms with van der Waals surface area (Å²) in [6, 6.07) is 7.05. The molecule has 1 aliphatic rings. The lowest BCUT2D eigenvalue weighted by Crippen LogP contribution is -2.41. The average molecular weight is 287 g/mol. The Morgan fingerprint density at radius 2 is 2.24 bits per heavy atom. The van der Waals surface area contributed by atoms with Crippen LogP contribution < -0.4 is 10.6 Å². The molecule has 0 unspecified atom stereocenters. The molecule has 0 radical (unpaired) electrons. The molecule has 2 amide bonds. The maximum atomic E-state index is 12.1. The first-order valence-corrected chi connectivity index (χ1v) is 6.83. The Morgan fingerprint density at radius 3 is 3.00 bits per heavy atom. The summed E-state index contributed by atoms with van der Waals surface area (Å²) in [5, 5.41) is 23.1. The minimum atomic E-state index is -0.588. The van der Waals surface area contributed by atoms with E-state index in [-0.39, 0.29) is 6.03 Å². The fourth-order valence-corrected chi connectivity index (χ4v) is 2.61. The number of aliphatic hydroxyl groups is 1. The lowest BCUT2D eigenvalue weighted by molar-refractivity contribution is 0.114. The standard InChI is InChI=1S/C14H17N5O2/c1-19-12(8-15-18-19)16-14(21)17-13-10-5-3-2-4-9(10)6-7-11(13)20/h2-5,8,11,13,20H,6-7H2,1H3,(H2,16,17,21)/t11-,13+/m1/s1. The van der Waals surface area contributed by atoms with Crippen molar-refractivity contribution in [1.29, 1.82) is 0 Å². The second-order valence-electron chi connectivity index (χ2n) is 5.12. The molecule has 2 aromatic rings. The molecule has 1 aromatic heterocycles. The Balaban J connectivity index is 1.75. The number of hydrogen-bond acceptors (Lipinski definition) is 4. The number of aliphatic hydroxyl groups excluding tert-OH is 1. The number of carbonyl (C=O) groups excluding carboxylic acids is 1. The number of hydrogen-bond donors (Lipinski definition) is 3. The van der Waals surface area contributed by atoms with Crippen LogP contribution in [-0.2, 0) is 13.5 Å². The fourth-order valence-electron chi connectivity index (χ4n) is 2.61. The molecule has 21 heavy (non-hydrogen) atoms. The summed E-state index contributed by atoms with van der Waals surface area (Å²) >= 11 is 0. The van der Waals surface area contributed by atoms with Gasteiger partial charge >= 0.3 is 6.03 Å². The number of benzene rings is 1. The third kappa shape index (κ3) is 2.73. The van der Waals surface area contributed by atoms with Crippen LogP contribution in [0.4, 0.5) is 10.6 Å². The van der Waals surface area contributed by atoms with Crippen LogP contribution >= 0.6 is 0 Å². The third-order valence-electron chi connectivity index (χ3n) is 3.73. The smallest absolute Gasteiger partial charge is 0.321 e. The van der Waals surface area contributed by atoms with Crippen molar-refractivity contribution in [3.8, 4) is 0 Å². The van der Waals surface area contributed by atoms with Crippen LogP contribution in [0.15, 0.2) is 30.5 Å². The summed E-state index contributed by atoms with van der Waals surface area (Å²) < 4.78 is 1.46. The van der Waals surface area contributed by atoms with Crippen LogP contribution in [-0.4, -0.2) is 32.2 Å². The van der Waals surface area contributed by atoms with Gasteiger partial charge < -0.3 is 10.4 Å². The van der Waals surface area contributed by atoms with Crippen molar-refractivity contribution in [3.05, 3.63) is 41.6 Å². The zero-order valence-corrected chi connectivity index (χ0v) is 11.7. The van der Waals surface area contributed by atoms with E-state index in [0.717, 1.165) is 17.5 Å². The van der Waals surface area contributed by atoms with Crippen LogP contribution in [0.2, 0.25) is 0 Å². The van der Waals surface area contributed by atoms with Crippen molar-refractivity contribution in [2.45, 2.75) is 25.0 Å². The summed E-state index contributed by atoms with van der Waals surface area (Å²) in [7, 11) is 1.69. The topological polar surface area (TPSA) is 92.1 Å². The van der Waals surface area contributed by atoms with Crippen molar-refractivity contribution in [2.75, 3.05) is 5.32 Å². The van der Waals surface area contributed by atoms with Gasteiger partial charge in [0.05, 0.1) is 18.3 Å². The Morgan fingerprint density at radius 1 is 1.43 bits per heavy atom. The molecule has 1 aliphatic carbocycles. The van der Waals surface area contributed by atoms with Crippen molar-refractivity contribution >= 4 is 11.8 Å². The maximum absolute atomic E-state index is 12.1. The van der Waals surface area contributed by atoms with E-state index in [4.69, 9.17) is 0 Å². The Bertz CT molecular complexity index is 654. The normalized spacial score (nSPS) is 20.7. The van der Waals surface area contributed by atoms with Crippen LogP contribution in [0.5, 0.6) is 0 Å². The molecule has 1 aromatic carbocycles. The lowest BCUT2D eigenvalue weighted by atomic mass is 9.86. The number of nitrogens with one attached hydrogen (secondary N) is 2. The number of urea groups is 1. The molecule has 0 saturated carbocycles. The van der Waals surface area contributed by atoms with Crippen LogP contribution in [0, 0.1) is 0 Å². The zero-order chi connectivity index (χ0) is 14.8. The molecular formula is C14H17N5O2. The minimum absolute atomic E-state index is 0.388. The first kappa shape index (κ1) is 13.6. The van der Waals surface area contributed by atoms with Crippen molar-refractivity contribution in [1.82, 2.24) is 20.3 Å². The minimum Gasteiger partial charge on any atom is -0.391 e. The van der Waals surface area contributed by atoms with E-state index in [1.807, 2.05) is 24.3 Å². The largest absolute Gasteiger partial charge is 0.391 e. The molecule has 0 aliphatic heterocycles. The number of rotatable bonds is 2. The molecule has 7 heteroatoms. The van der Waals surface area contributed by atoms with E-state index in [2.05, 4.69) is 20.9 Å². The summed E-state index contributed by atoms with van der Waals surface area (Å²) in [5.41, 5.74) is 2.13. The van der Waals surface area contributed by atoms with Gasteiger partial charge in [0.25, 0.3) is 0 Å². The van der Waals surface area contributed by atoms with Crippen LogP contribution in [0.25, 0.3) is 0 Å². The van der Waals surface area contributed by atoms with Gasteiger partial charge in [0, 0.05) is 7.05 Å². The molecule has 0 fully saturated rings. The molecule has 7 nitrogen and oxygen atoms in total. The Labute approximate surface area is 122 Å². The molecule has 3 rings (SSSR count). The predicted molar refractivity (Wildman–Crippen MR) is 76.7 cm³/mol. The van der Waals surface area contributed by atoms with Gasteiger partial charge in [0.1, 0.15) is 0 Å². The first-order chi connectivity index (χ1) is 10.1. The number of aromatic nitrogens is 3. The quantitative estimate of drug-likeness (QED) is 0.768. The molecule has 0 saturated heterocycles. The number of aryl methyl sites for hydroxylation is 2. The first-order valence-electron chi connectivity index (χ1n) is 6.83. The van der Waals surface area contributed by atoms with Crippen molar-refractivity contribution in [3.63, 3.8) is 0 Å². The van der Waals surface area contributed by atoms with Gasteiger partial charge in [0.2, 0.25) is 0 Å². The number of fused-ring (bicyclic) bond motifs is 1. The summed E-state index contributed by atoms with van der Waals surface area (Å²) in [5.74, 6) is 0.492. The van der Waals surface area contributed by atoms with E-state index in [1.165, 1.54) is 10.9 Å². The Kier molecular flexibility index (Phi) is 3.57. The predicted octanol–water partition coefficient (Wildman–Crippen LogP) is 0.985. The van der Waals surface area contributed by atoms with Gasteiger partial charge in [-0.15, -0.1) is 5.10 Å². The second kappa shape index (κ2) is 5.53. The second-order valence-corrected chi connectivity index (χ2v) is 5.12. The van der Waals surface area contributed by atoms with Crippen molar-refractivity contribution in [2.24, 2.45) is 7.05 Å². The molecule has 110 valence electrons. The molecule has 1 heterocycles.